The third kappa shape index (κ3) is 4.19. The zero-order valence-corrected chi connectivity index (χ0v) is 21.4. The van der Waals surface area contributed by atoms with Crippen molar-refractivity contribution in [2.24, 2.45) is 0 Å². The fraction of sp³-hybridized carbons (Fsp3) is 0.296. The van der Waals surface area contributed by atoms with Gasteiger partial charge in [-0.05, 0) is 45.0 Å². The van der Waals surface area contributed by atoms with Crippen LogP contribution in [0.3, 0.4) is 0 Å². The zero-order chi connectivity index (χ0) is 26.3. The molecule has 0 aliphatic rings. The average molecular weight is 501 g/mol. The molecule has 10 nitrogen and oxygen atoms in total. The summed E-state index contributed by atoms with van der Waals surface area (Å²) in [4.78, 5) is 39.9. The topological polar surface area (TPSA) is 119 Å². The molecule has 4 heterocycles. The predicted molar refractivity (Wildman–Crippen MR) is 141 cm³/mol. The molecule has 1 aromatic carbocycles. The van der Waals surface area contributed by atoms with Gasteiger partial charge in [0.05, 0.1) is 58.9 Å². The number of aromatic amines is 1. The first-order valence-electron chi connectivity index (χ1n) is 12.0. The highest BCUT2D eigenvalue weighted by Crippen LogP contribution is 2.39. The van der Waals surface area contributed by atoms with Gasteiger partial charge in [0.2, 0.25) is 5.91 Å². The number of H-pyrrole nitrogens is 1. The van der Waals surface area contributed by atoms with Crippen molar-refractivity contribution in [3.63, 3.8) is 0 Å². The van der Waals surface area contributed by atoms with E-state index in [1.165, 1.54) is 0 Å². The van der Waals surface area contributed by atoms with Crippen molar-refractivity contribution in [3.05, 3.63) is 70.4 Å². The summed E-state index contributed by atoms with van der Waals surface area (Å²) in [6, 6.07) is 9.12. The van der Waals surface area contributed by atoms with E-state index in [-0.39, 0.29) is 24.1 Å². The molecule has 1 amide bonds. The minimum Gasteiger partial charge on any atom is -0.384 e. The monoisotopic (exact) mass is 500 g/mol. The lowest BCUT2D eigenvalue weighted by molar-refractivity contribution is -0.119. The zero-order valence-electron chi connectivity index (χ0n) is 21.4. The number of fused-ring (bicyclic) bond motifs is 3. The minimum absolute atomic E-state index is 0.109. The summed E-state index contributed by atoms with van der Waals surface area (Å²) in [5.74, 6) is 0.530. The summed E-state index contributed by atoms with van der Waals surface area (Å²) in [5, 5.41) is 4.85. The maximum absolute atomic E-state index is 13.1. The number of nitrogens with zero attached hydrogens (tertiary/aromatic N) is 5. The number of carbonyl (C=O) groups excluding carboxylic acids is 1. The van der Waals surface area contributed by atoms with Gasteiger partial charge < -0.3 is 19.1 Å². The minimum atomic E-state index is -0.334. The molecular weight excluding hydrogens is 472 g/mol. The van der Waals surface area contributed by atoms with E-state index in [1.54, 1.807) is 36.0 Å². The normalized spacial score (nSPS) is 12.4. The molecule has 1 N–H and O–H groups in total. The van der Waals surface area contributed by atoms with E-state index < -0.39 is 0 Å². The number of methoxy groups -OCH3 is 1. The Balaban J connectivity index is 1.80. The highest BCUT2D eigenvalue weighted by atomic mass is 16.5. The molecule has 0 aliphatic carbocycles. The largest absolute Gasteiger partial charge is 0.384 e. The number of rotatable bonds is 7. The number of amides is 1. The van der Waals surface area contributed by atoms with Crippen molar-refractivity contribution in [3.8, 4) is 11.1 Å². The molecule has 0 aliphatic heterocycles. The first kappa shape index (κ1) is 24.4. The quantitative estimate of drug-likeness (QED) is 0.356. The molecule has 1 unspecified atom stereocenters. The lowest BCUT2D eigenvalue weighted by Gasteiger charge is -2.22. The Labute approximate surface area is 212 Å². The van der Waals surface area contributed by atoms with Crippen molar-refractivity contribution in [2.75, 3.05) is 25.7 Å². The maximum atomic E-state index is 13.1. The molecule has 37 heavy (non-hydrogen) atoms. The highest BCUT2D eigenvalue weighted by molar-refractivity contribution is 6.09. The van der Waals surface area contributed by atoms with Crippen LogP contribution >= 0.6 is 0 Å². The van der Waals surface area contributed by atoms with Gasteiger partial charge in [0.1, 0.15) is 5.76 Å². The molecule has 0 bridgehead atoms. The third-order valence-electron chi connectivity index (χ3n) is 6.72. The standard InChI is InChI=1S/C27H28N6O4/c1-15-25(17(3)37-31-15)19-12-21-18(13-23(19)32(4)24(34)9-11-36-5)26-22(14-29-21)30-27(35)33(26)16(2)20-8-6-7-10-28-20/h6-8,10,12-14,16H,9,11H2,1-5H3,(H,30,35). The van der Waals surface area contributed by atoms with Gasteiger partial charge in [-0.3, -0.25) is 19.3 Å². The van der Waals surface area contributed by atoms with Gasteiger partial charge in [-0.25, -0.2) is 4.79 Å². The average Bonchev–Trinajstić information content (AvgIpc) is 3.43. The molecule has 0 radical (unpaired) electrons. The first-order valence-corrected chi connectivity index (χ1v) is 12.0. The number of imidazole rings is 1. The Morgan fingerprint density at radius 1 is 1.24 bits per heavy atom. The number of carbonyl (C=O) groups is 1. The summed E-state index contributed by atoms with van der Waals surface area (Å²) in [7, 11) is 3.30. The summed E-state index contributed by atoms with van der Waals surface area (Å²) in [6.45, 7) is 5.94. The predicted octanol–water partition coefficient (Wildman–Crippen LogP) is 4.15. The Morgan fingerprint density at radius 2 is 2.05 bits per heavy atom. The number of hydrogen-bond donors (Lipinski definition) is 1. The Hall–Kier alpha value is -4.31. The second kappa shape index (κ2) is 9.62. The van der Waals surface area contributed by atoms with E-state index in [2.05, 4.69) is 20.1 Å². The van der Waals surface area contributed by atoms with Crippen molar-refractivity contribution < 1.29 is 14.1 Å². The summed E-state index contributed by atoms with van der Waals surface area (Å²) in [6.07, 6.45) is 3.59. The van der Waals surface area contributed by atoms with Gasteiger partial charge in [0, 0.05) is 36.9 Å². The summed E-state index contributed by atoms with van der Waals surface area (Å²) in [5.41, 5.74) is 5.40. The molecule has 10 heteroatoms. The van der Waals surface area contributed by atoms with E-state index in [4.69, 9.17) is 9.26 Å². The number of pyridine rings is 2. The number of aryl methyl sites for hydroxylation is 2. The van der Waals surface area contributed by atoms with Crippen molar-refractivity contribution in [2.45, 2.75) is 33.2 Å². The van der Waals surface area contributed by atoms with Gasteiger partial charge in [0.25, 0.3) is 0 Å². The summed E-state index contributed by atoms with van der Waals surface area (Å²) >= 11 is 0. The molecule has 0 spiro atoms. The van der Waals surface area contributed by atoms with Crippen LogP contribution in [-0.2, 0) is 9.53 Å². The fourth-order valence-corrected chi connectivity index (χ4v) is 4.80. The number of ether oxygens (including phenoxy) is 1. The molecule has 0 fully saturated rings. The number of hydrogen-bond acceptors (Lipinski definition) is 7. The third-order valence-corrected chi connectivity index (χ3v) is 6.72. The number of benzene rings is 1. The van der Waals surface area contributed by atoms with Gasteiger partial charge in [-0.1, -0.05) is 11.2 Å². The van der Waals surface area contributed by atoms with Crippen LogP contribution in [0.5, 0.6) is 0 Å². The maximum Gasteiger partial charge on any atom is 0.327 e. The lowest BCUT2D eigenvalue weighted by atomic mass is 9.98. The van der Waals surface area contributed by atoms with Crippen LogP contribution < -0.4 is 10.6 Å². The van der Waals surface area contributed by atoms with Gasteiger partial charge in [-0.15, -0.1) is 0 Å². The smallest absolute Gasteiger partial charge is 0.327 e. The van der Waals surface area contributed by atoms with Crippen LogP contribution in [-0.4, -0.2) is 51.3 Å². The highest BCUT2D eigenvalue weighted by Gasteiger charge is 2.24. The number of anilines is 1. The van der Waals surface area contributed by atoms with Gasteiger partial charge in [0.15, 0.2) is 0 Å². The van der Waals surface area contributed by atoms with Crippen LogP contribution in [0.1, 0.15) is 36.5 Å². The fourth-order valence-electron chi connectivity index (χ4n) is 4.80. The summed E-state index contributed by atoms with van der Waals surface area (Å²) < 4.78 is 12.3. The molecule has 0 saturated heterocycles. The molecule has 1 atom stereocenters. The van der Waals surface area contributed by atoms with Gasteiger partial charge >= 0.3 is 5.69 Å². The molecule has 0 saturated carbocycles. The van der Waals surface area contributed by atoms with Crippen LogP contribution in [0.4, 0.5) is 5.69 Å². The lowest BCUT2D eigenvalue weighted by Crippen LogP contribution is -2.27. The number of nitrogens with one attached hydrogen (secondary N) is 1. The number of aromatic nitrogens is 5. The van der Waals surface area contributed by atoms with E-state index in [1.807, 2.05) is 51.1 Å². The Kier molecular flexibility index (Phi) is 6.34. The molecule has 5 aromatic rings. The second-order valence-corrected chi connectivity index (χ2v) is 9.03. The van der Waals surface area contributed by atoms with E-state index in [9.17, 15) is 9.59 Å². The Morgan fingerprint density at radius 3 is 2.73 bits per heavy atom. The van der Waals surface area contributed by atoms with Crippen molar-refractivity contribution in [1.29, 1.82) is 0 Å². The SMILES string of the molecule is COCCC(=O)N(C)c1cc2c(cc1-c1c(C)noc1C)ncc1[nH]c(=O)n(C(C)c3ccccn3)c12. The van der Waals surface area contributed by atoms with E-state index in [0.29, 0.717) is 40.3 Å². The molecule has 4 aromatic heterocycles. The van der Waals surface area contributed by atoms with Crippen molar-refractivity contribution >= 4 is 33.5 Å². The van der Waals surface area contributed by atoms with Crippen LogP contribution in [0.25, 0.3) is 33.1 Å². The van der Waals surface area contributed by atoms with Crippen LogP contribution in [0, 0.1) is 13.8 Å². The van der Waals surface area contributed by atoms with Crippen LogP contribution in [0.15, 0.2) is 52.0 Å². The molecular formula is C27H28N6O4. The second-order valence-electron chi connectivity index (χ2n) is 9.03. The Bertz CT molecular complexity index is 1650. The van der Waals surface area contributed by atoms with Gasteiger partial charge in [-0.2, -0.15) is 0 Å². The molecule has 190 valence electrons. The molecule has 5 rings (SSSR count). The van der Waals surface area contributed by atoms with Crippen LogP contribution in [0.2, 0.25) is 0 Å². The van der Waals surface area contributed by atoms with Crippen molar-refractivity contribution in [1.82, 2.24) is 24.7 Å². The van der Waals surface area contributed by atoms with E-state index in [0.717, 1.165) is 22.2 Å². The first-order chi connectivity index (χ1) is 17.8. The van der Waals surface area contributed by atoms with E-state index >= 15 is 0 Å².